The first-order valence-corrected chi connectivity index (χ1v) is 16.9. The van der Waals surface area contributed by atoms with Crippen molar-refractivity contribution in [3.05, 3.63) is 124 Å². The van der Waals surface area contributed by atoms with Gasteiger partial charge >= 0.3 is 0 Å². The number of nitrogens with one attached hydrogen (secondary N) is 1. The SMILES string of the molecule is Cc1nc(N2CCC(Cc3ccccc3)CC2)nc2c1ccc(=O)n2-c1ccc(C(=O)NCc2ccc(S(C)(=O)=O)cc2)cc1. The lowest BCUT2D eigenvalue weighted by molar-refractivity contribution is 0.0951. The summed E-state index contributed by atoms with van der Waals surface area (Å²) in [6.07, 6.45) is 4.32. The Morgan fingerprint density at radius 3 is 2.22 bits per heavy atom. The molecule has 2 aromatic heterocycles. The molecule has 0 spiro atoms. The number of carbonyl (C=O) groups excluding carboxylic acids is 1. The molecule has 0 atom stereocenters. The van der Waals surface area contributed by atoms with Crippen molar-refractivity contribution in [1.29, 1.82) is 0 Å². The number of sulfone groups is 1. The summed E-state index contributed by atoms with van der Waals surface area (Å²) in [5.74, 6) is 0.952. The molecule has 1 saturated heterocycles. The number of aryl methyl sites for hydroxylation is 1. The van der Waals surface area contributed by atoms with E-state index in [0.29, 0.717) is 28.8 Å². The zero-order chi connectivity index (χ0) is 31.6. The molecule has 0 saturated carbocycles. The average molecular weight is 622 g/mol. The maximum Gasteiger partial charge on any atom is 0.256 e. The van der Waals surface area contributed by atoms with Crippen LogP contribution in [-0.4, -0.2) is 48.2 Å². The summed E-state index contributed by atoms with van der Waals surface area (Å²) in [5.41, 5.74) is 4.29. The highest BCUT2D eigenvalue weighted by molar-refractivity contribution is 7.90. The maximum absolute atomic E-state index is 13.2. The number of pyridine rings is 1. The zero-order valence-corrected chi connectivity index (χ0v) is 26.1. The largest absolute Gasteiger partial charge is 0.348 e. The van der Waals surface area contributed by atoms with Gasteiger partial charge in [-0.3, -0.25) is 14.2 Å². The van der Waals surface area contributed by atoms with Crippen LogP contribution >= 0.6 is 0 Å². The van der Waals surface area contributed by atoms with Crippen LogP contribution in [0.4, 0.5) is 5.95 Å². The molecular formula is C35H35N5O4S. The first-order valence-electron chi connectivity index (χ1n) is 15.0. The van der Waals surface area contributed by atoms with Gasteiger partial charge in [-0.05, 0) is 85.7 Å². The molecule has 0 bridgehead atoms. The molecule has 10 heteroatoms. The number of piperidine rings is 1. The van der Waals surface area contributed by atoms with Crippen molar-refractivity contribution in [2.24, 2.45) is 5.92 Å². The van der Waals surface area contributed by atoms with Gasteiger partial charge in [0.05, 0.1) is 16.3 Å². The minimum atomic E-state index is -3.28. The highest BCUT2D eigenvalue weighted by Crippen LogP contribution is 2.26. The third kappa shape index (κ3) is 6.81. The van der Waals surface area contributed by atoms with Gasteiger partial charge in [0, 0.05) is 42.9 Å². The molecule has 1 aliphatic heterocycles. The van der Waals surface area contributed by atoms with E-state index in [-0.39, 0.29) is 22.9 Å². The van der Waals surface area contributed by atoms with Gasteiger partial charge in [0.15, 0.2) is 15.5 Å². The van der Waals surface area contributed by atoms with Crippen molar-refractivity contribution < 1.29 is 13.2 Å². The summed E-state index contributed by atoms with van der Waals surface area (Å²) in [4.78, 5) is 38.2. The monoisotopic (exact) mass is 621 g/mol. The molecule has 0 unspecified atom stereocenters. The Balaban J connectivity index is 1.18. The van der Waals surface area contributed by atoms with E-state index in [1.807, 2.05) is 13.0 Å². The Kier molecular flexibility index (Phi) is 8.49. The lowest BCUT2D eigenvalue weighted by Gasteiger charge is -2.32. The van der Waals surface area contributed by atoms with Crippen molar-refractivity contribution in [3.8, 4) is 5.69 Å². The van der Waals surface area contributed by atoms with Crippen LogP contribution in [0.2, 0.25) is 0 Å². The normalized spacial score (nSPS) is 14.0. The Hall–Kier alpha value is -4.83. The smallest absolute Gasteiger partial charge is 0.256 e. The van der Waals surface area contributed by atoms with Crippen molar-refractivity contribution in [1.82, 2.24) is 19.9 Å². The van der Waals surface area contributed by atoms with E-state index >= 15 is 0 Å². The van der Waals surface area contributed by atoms with E-state index in [1.54, 1.807) is 47.0 Å². The van der Waals surface area contributed by atoms with Crippen LogP contribution in [0.3, 0.4) is 0 Å². The molecule has 230 valence electrons. The first-order chi connectivity index (χ1) is 21.7. The fourth-order valence-corrected chi connectivity index (χ4v) is 6.46. The van der Waals surface area contributed by atoms with Gasteiger partial charge in [-0.15, -0.1) is 0 Å². The van der Waals surface area contributed by atoms with Gasteiger partial charge in [0.1, 0.15) is 0 Å². The Labute approximate surface area is 262 Å². The molecule has 1 fully saturated rings. The van der Waals surface area contributed by atoms with Crippen LogP contribution in [-0.2, 0) is 22.8 Å². The number of benzene rings is 3. The van der Waals surface area contributed by atoms with Gasteiger partial charge in [0.25, 0.3) is 11.5 Å². The summed E-state index contributed by atoms with van der Waals surface area (Å²) in [5, 5.41) is 3.65. The summed E-state index contributed by atoms with van der Waals surface area (Å²) >= 11 is 0. The van der Waals surface area contributed by atoms with Gasteiger partial charge in [-0.25, -0.2) is 13.4 Å². The van der Waals surface area contributed by atoms with Crippen molar-refractivity contribution in [2.75, 3.05) is 24.2 Å². The first kappa shape index (κ1) is 30.2. The minimum Gasteiger partial charge on any atom is -0.348 e. The summed E-state index contributed by atoms with van der Waals surface area (Å²) in [7, 11) is -3.28. The quantitative estimate of drug-likeness (QED) is 0.263. The van der Waals surface area contributed by atoms with Crippen LogP contribution in [0.15, 0.2) is 101 Å². The summed E-state index contributed by atoms with van der Waals surface area (Å²) in [6, 6.07) is 27.1. The maximum atomic E-state index is 13.2. The van der Waals surface area contributed by atoms with Crippen LogP contribution in [0.5, 0.6) is 0 Å². The highest BCUT2D eigenvalue weighted by Gasteiger charge is 2.23. The number of anilines is 1. The van der Waals surface area contributed by atoms with E-state index < -0.39 is 9.84 Å². The number of hydrogen-bond acceptors (Lipinski definition) is 7. The number of nitrogens with zero attached hydrogens (tertiary/aromatic N) is 4. The number of aromatic nitrogens is 3. The Morgan fingerprint density at radius 1 is 0.867 bits per heavy atom. The summed E-state index contributed by atoms with van der Waals surface area (Å²) < 4.78 is 24.9. The molecule has 45 heavy (non-hydrogen) atoms. The van der Waals surface area contributed by atoms with E-state index in [4.69, 9.17) is 9.97 Å². The molecule has 6 rings (SSSR count). The van der Waals surface area contributed by atoms with Gasteiger partial charge in [0.2, 0.25) is 5.95 Å². The molecule has 9 nitrogen and oxygen atoms in total. The van der Waals surface area contributed by atoms with E-state index in [0.717, 1.165) is 55.3 Å². The third-order valence-electron chi connectivity index (χ3n) is 8.39. The van der Waals surface area contributed by atoms with Crippen LogP contribution < -0.4 is 15.8 Å². The topological polar surface area (TPSA) is 114 Å². The highest BCUT2D eigenvalue weighted by atomic mass is 32.2. The molecule has 3 aromatic carbocycles. The third-order valence-corrected chi connectivity index (χ3v) is 9.51. The molecule has 1 N–H and O–H groups in total. The second-order valence-electron chi connectivity index (χ2n) is 11.6. The van der Waals surface area contributed by atoms with Crippen LogP contribution in [0.25, 0.3) is 16.7 Å². The van der Waals surface area contributed by atoms with Gasteiger partial charge < -0.3 is 10.2 Å². The molecule has 3 heterocycles. The van der Waals surface area contributed by atoms with E-state index in [9.17, 15) is 18.0 Å². The predicted octanol–water partition coefficient (Wildman–Crippen LogP) is 4.88. The predicted molar refractivity (Wildman–Crippen MR) is 176 cm³/mol. The Morgan fingerprint density at radius 2 is 1.56 bits per heavy atom. The lowest BCUT2D eigenvalue weighted by atomic mass is 9.90. The molecule has 1 amide bonds. The molecule has 5 aromatic rings. The van der Waals surface area contributed by atoms with E-state index in [1.165, 1.54) is 23.8 Å². The fraction of sp³-hybridized carbons (Fsp3) is 0.257. The van der Waals surface area contributed by atoms with Gasteiger partial charge in [-0.1, -0.05) is 42.5 Å². The summed E-state index contributed by atoms with van der Waals surface area (Å²) in [6.45, 7) is 3.89. The van der Waals surface area contributed by atoms with Crippen molar-refractivity contribution in [3.63, 3.8) is 0 Å². The number of rotatable bonds is 8. The second kappa shape index (κ2) is 12.6. The number of amides is 1. The fourth-order valence-electron chi connectivity index (χ4n) is 5.83. The lowest BCUT2D eigenvalue weighted by Crippen LogP contribution is -2.35. The molecular weight excluding hydrogens is 586 g/mol. The number of hydrogen-bond donors (Lipinski definition) is 1. The zero-order valence-electron chi connectivity index (χ0n) is 25.3. The molecule has 0 aliphatic carbocycles. The van der Waals surface area contributed by atoms with Crippen molar-refractivity contribution >= 4 is 32.7 Å². The minimum absolute atomic E-state index is 0.220. The Bertz CT molecular complexity index is 2000. The average Bonchev–Trinajstić information content (AvgIpc) is 3.04. The van der Waals surface area contributed by atoms with E-state index in [2.05, 4.69) is 34.5 Å². The van der Waals surface area contributed by atoms with Gasteiger partial charge in [-0.2, -0.15) is 4.98 Å². The van der Waals surface area contributed by atoms with Crippen LogP contribution in [0.1, 0.15) is 40.0 Å². The second-order valence-corrected chi connectivity index (χ2v) is 13.6. The molecule has 1 aliphatic rings. The van der Waals surface area contributed by atoms with Crippen LogP contribution in [0, 0.1) is 12.8 Å². The number of fused-ring (bicyclic) bond motifs is 1. The molecule has 0 radical (unpaired) electrons. The number of carbonyl (C=O) groups is 1. The van der Waals surface area contributed by atoms with Crippen molar-refractivity contribution in [2.45, 2.75) is 37.6 Å². The standard InChI is InChI=1S/C35H35N5O4S/c1-24-31-16-17-32(41)40(33(31)38-35(37-24)39-20-18-26(19-21-39)22-25-6-4-3-5-7-25)29-12-10-28(11-13-29)34(42)36-23-27-8-14-30(15-9-27)45(2,43)44/h3-17,26H,18-23H2,1-2H3,(H,36,42).